The zero-order chi connectivity index (χ0) is 12.8. The lowest BCUT2D eigenvalue weighted by atomic mass is 9.98. The van der Waals surface area contributed by atoms with Gasteiger partial charge in [-0.2, -0.15) is 0 Å². The van der Waals surface area contributed by atoms with Crippen LogP contribution in [0.1, 0.15) is 18.7 Å². The fourth-order valence-electron chi connectivity index (χ4n) is 1.36. The maximum Gasteiger partial charge on any atom is 0.323 e. The maximum atomic E-state index is 11.8. The normalized spacial score (nSPS) is 13.8. The number of hydrogen-bond donors (Lipinski definition) is 2. The summed E-state index contributed by atoms with van der Waals surface area (Å²) in [5.41, 5.74) is 6.10. The number of ketones is 1. The number of aromatic nitrogens is 1. The second-order valence-electron chi connectivity index (χ2n) is 3.37. The Morgan fingerprint density at radius 1 is 1.59 bits per heavy atom. The molecule has 1 rings (SSSR count). The highest BCUT2D eigenvalue weighted by molar-refractivity contribution is 6.12. The lowest BCUT2D eigenvalue weighted by molar-refractivity contribution is -0.152. The van der Waals surface area contributed by atoms with Gasteiger partial charge >= 0.3 is 5.97 Å². The molecule has 1 aromatic rings. The fraction of sp³-hybridized carbons (Fsp3) is 0.364. The van der Waals surface area contributed by atoms with E-state index in [0.717, 1.165) is 0 Å². The van der Waals surface area contributed by atoms with Crippen molar-refractivity contribution in [1.82, 2.24) is 4.98 Å². The van der Waals surface area contributed by atoms with Crippen LogP contribution in [-0.4, -0.2) is 29.6 Å². The van der Waals surface area contributed by atoms with Gasteiger partial charge in [0.25, 0.3) is 0 Å². The molecule has 0 aliphatic carbocycles. The third-order valence-electron chi connectivity index (χ3n) is 2.25. The van der Waals surface area contributed by atoms with E-state index in [4.69, 9.17) is 5.73 Å². The van der Waals surface area contributed by atoms with E-state index in [1.807, 2.05) is 0 Å². The van der Waals surface area contributed by atoms with Gasteiger partial charge in [-0.3, -0.25) is 9.59 Å². The van der Waals surface area contributed by atoms with Gasteiger partial charge in [-0.05, 0) is 19.1 Å². The zero-order valence-corrected chi connectivity index (χ0v) is 9.38. The molecule has 0 saturated carbocycles. The summed E-state index contributed by atoms with van der Waals surface area (Å²) in [5.74, 6) is -3.01. The number of rotatable bonds is 6. The van der Waals surface area contributed by atoms with Crippen LogP contribution in [-0.2, 0) is 19.1 Å². The Labute approximate surface area is 98.1 Å². The first-order valence-corrected chi connectivity index (χ1v) is 5.16. The highest BCUT2D eigenvalue weighted by Gasteiger charge is 2.32. The first-order chi connectivity index (χ1) is 8.11. The monoisotopic (exact) mass is 238 g/mol. The first-order valence-electron chi connectivity index (χ1n) is 5.16. The summed E-state index contributed by atoms with van der Waals surface area (Å²) in [4.78, 5) is 36.7. The van der Waals surface area contributed by atoms with Crippen LogP contribution < -0.4 is 5.73 Å². The van der Waals surface area contributed by atoms with Gasteiger partial charge in [0.1, 0.15) is 12.3 Å². The average molecular weight is 238 g/mol. The molecule has 1 heterocycles. The number of nitrogens with one attached hydrogen (secondary N) is 1. The maximum absolute atomic E-state index is 11.8. The van der Waals surface area contributed by atoms with Gasteiger partial charge < -0.3 is 20.2 Å². The van der Waals surface area contributed by atoms with Crippen LogP contribution in [0.15, 0.2) is 18.3 Å². The lowest BCUT2D eigenvalue weighted by Gasteiger charge is -2.13. The third-order valence-corrected chi connectivity index (χ3v) is 2.25. The molecule has 2 atom stereocenters. The molecule has 6 nitrogen and oxygen atoms in total. The molecular weight excluding hydrogens is 224 g/mol. The molecule has 6 heteroatoms. The molecule has 0 aliphatic rings. The molecule has 0 radical (unpaired) electrons. The minimum atomic E-state index is -1.46. The molecule has 1 aromatic heterocycles. The fourth-order valence-corrected chi connectivity index (χ4v) is 1.36. The van der Waals surface area contributed by atoms with Crippen molar-refractivity contribution in [3.8, 4) is 0 Å². The molecule has 0 spiro atoms. The van der Waals surface area contributed by atoms with Crippen LogP contribution in [0, 0.1) is 5.92 Å². The van der Waals surface area contributed by atoms with E-state index in [1.165, 1.54) is 0 Å². The summed E-state index contributed by atoms with van der Waals surface area (Å²) >= 11 is 0. The minimum Gasteiger partial charge on any atom is -0.465 e. The van der Waals surface area contributed by atoms with Crippen molar-refractivity contribution < 1.29 is 19.1 Å². The molecule has 0 bridgehead atoms. The highest BCUT2D eigenvalue weighted by Crippen LogP contribution is 2.13. The molecular formula is C11H14N2O4. The topological polar surface area (TPSA) is 102 Å². The SMILES string of the molecule is CCOC(=O)C(C=O)C(=O)C(N)c1ccc[nH]1. The van der Waals surface area contributed by atoms with Crippen LogP contribution in [0.5, 0.6) is 0 Å². The van der Waals surface area contributed by atoms with Crippen LogP contribution in [0.2, 0.25) is 0 Å². The Balaban J connectivity index is 2.79. The van der Waals surface area contributed by atoms with Gasteiger partial charge in [0.05, 0.1) is 6.61 Å². The largest absolute Gasteiger partial charge is 0.465 e. The van der Waals surface area contributed by atoms with Crippen LogP contribution in [0.4, 0.5) is 0 Å². The van der Waals surface area contributed by atoms with Gasteiger partial charge in [0.15, 0.2) is 11.7 Å². The smallest absolute Gasteiger partial charge is 0.323 e. The molecule has 0 aliphatic heterocycles. The zero-order valence-electron chi connectivity index (χ0n) is 9.38. The number of hydrogen-bond acceptors (Lipinski definition) is 5. The Morgan fingerprint density at radius 3 is 2.76 bits per heavy atom. The molecule has 0 saturated heterocycles. The van der Waals surface area contributed by atoms with Crippen molar-refractivity contribution >= 4 is 18.0 Å². The summed E-state index contributed by atoms with van der Waals surface area (Å²) in [6.07, 6.45) is 1.85. The Hall–Kier alpha value is -1.95. The van der Waals surface area contributed by atoms with Crippen LogP contribution in [0.25, 0.3) is 0 Å². The molecule has 2 unspecified atom stereocenters. The third kappa shape index (κ3) is 3.01. The summed E-state index contributed by atoms with van der Waals surface area (Å²) in [6, 6.07) is 2.24. The van der Waals surface area contributed by atoms with Gasteiger partial charge in [0, 0.05) is 11.9 Å². The molecule has 0 amide bonds. The summed E-state index contributed by atoms with van der Waals surface area (Å²) in [6.45, 7) is 1.70. The minimum absolute atomic E-state index is 0.105. The molecule has 17 heavy (non-hydrogen) atoms. The van der Waals surface area contributed by atoms with Crippen LogP contribution in [0.3, 0.4) is 0 Å². The van der Waals surface area contributed by atoms with E-state index in [9.17, 15) is 14.4 Å². The predicted octanol–water partition coefficient (Wildman–Crippen LogP) is -0.0382. The Kier molecular flexibility index (Phi) is 4.59. The number of carbonyl (C=O) groups is 3. The molecule has 0 fully saturated rings. The number of H-pyrrole nitrogens is 1. The van der Waals surface area contributed by atoms with E-state index in [2.05, 4.69) is 9.72 Å². The number of Topliss-reactive ketones (excluding diaryl/α,β-unsaturated/α-hetero) is 1. The van der Waals surface area contributed by atoms with E-state index >= 15 is 0 Å². The quantitative estimate of drug-likeness (QED) is 0.411. The van der Waals surface area contributed by atoms with E-state index < -0.39 is 23.7 Å². The number of aldehydes is 1. The molecule has 0 aromatic carbocycles. The van der Waals surface area contributed by atoms with Gasteiger partial charge in [-0.15, -0.1) is 0 Å². The highest BCUT2D eigenvalue weighted by atomic mass is 16.5. The van der Waals surface area contributed by atoms with Crippen molar-refractivity contribution in [2.24, 2.45) is 11.7 Å². The van der Waals surface area contributed by atoms with E-state index in [-0.39, 0.29) is 12.9 Å². The Morgan fingerprint density at radius 2 is 2.29 bits per heavy atom. The number of nitrogens with two attached hydrogens (primary N) is 1. The summed E-state index contributed by atoms with van der Waals surface area (Å²) in [5, 5.41) is 0. The summed E-state index contributed by atoms with van der Waals surface area (Å²) < 4.78 is 4.63. The van der Waals surface area contributed by atoms with Crippen molar-refractivity contribution in [1.29, 1.82) is 0 Å². The van der Waals surface area contributed by atoms with Gasteiger partial charge in [0.2, 0.25) is 0 Å². The average Bonchev–Trinajstić information content (AvgIpc) is 2.82. The second kappa shape index (κ2) is 5.95. The standard InChI is InChI=1S/C11H14N2O4/c1-2-17-11(16)7(6-14)10(15)9(12)8-4-3-5-13-8/h3-7,9,13H,2,12H2,1H3. The van der Waals surface area contributed by atoms with E-state index in [1.54, 1.807) is 25.3 Å². The van der Waals surface area contributed by atoms with Crippen molar-refractivity contribution in [2.45, 2.75) is 13.0 Å². The first kappa shape index (κ1) is 13.1. The van der Waals surface area contributed by atoms with Crippen molar-refractivity contribution in [3.05, 3.63) is 24.0 Å². The van der Waals surface area contributed by atoms with E-state index in [0.29, 0.717) is 5.69 Å². The van der Waals surface area contributed by atoms with Gasteiger partial charge in [-0.25, -0.2) is 0 Å². The number of carbonyl (C=O) groups excluding carboxylic acids is 3. The second-order valence-corrected chi connectivity index (χ2v) is 3.37. The molecule has 3 N–H and O–H groups in total. The number of aromatic amines is 1. The predicted molar refractivity (Wildman–Crippen MR) is 58.9 cm³/mol. The van der Waals surface area contributed by atoms with Crippen molar-refractivity contribution in [2.75, 3.05) is 6.61 Å². The number of ether oxygens (including phenoxy) is 1. The lowest BCUT2D eigenvalue weighted by Crippen LogP contribution is -2.35. The number of esters is 1. The van der Waals surface area contributed by atoms with Crippen molar-refractivity contribution in [3.63, 3.8) is 0 Å². The Bertz CT molecular complexity index is 400. The van der Waals surface area contributed by atoms with Gasteiger partial charge in [-0.1, -0.05) is 0 Å². The van der Waals surface area contributed by atoms with Crippen LogP contribution >= 0.6 is 0 Å². The summed E-state index contributed by atoms with van der Waals surface area (Å²) in [7, 11) is 0. The molecule has 92 valence electrons.